The van der Waals surface area contributed by atoms with Gasteiger partial charge in [-0.2, -0.15) is 0 Å². The van der Waals surface area contributed by atoms with Gasteiger partial charge in [0.2, 0.25) is 0 Å². The van der Waals surface area contributed by atoms with Crippen molar-refractivity contribution in [2.45, 2.75) is 19.8 Å². The van der Waals surface area contributed by atoms with E-state index in [9.17, 15) is 4.79 Å². The van der Waals surface area contributed by atoms with Crippen LogP contribution < -0.4 is 5.69 Å². The molecule has 0 aromatic carbocycles. The van der Waals surface area contributed by atoms with Crippen LogP contribution in [0.3, 0.4) is 0 Å². The number of hydrogen-bond donors (Lipinski definition) is 2. The van der Waals surface area contributed by atoms with Crippen LogP contribution in [-0.4, -0.2) is 15.0 Å². The molecule has 2 heterocycles. The molecule has 0 bridgehead atoms. The summed E-state index contributed by atoms with van der Waals surface area (Å²) in [4.78, 5) is 20.4. The number of hydrogen-bond acceptors (Lipinski definition) is 2. The largest absolute Gasteiger partial charge is 0.325 e. The van der Waals surface area contributed by atoms with Crippen LogP contribution in [0, 0.1) is 0 Å². The number of aromatic nitrogens is 3. The Labute approximate surface area is 75.0 Å². The molecule has 2 aromatic heterocycles. The van der Waals surface area contributed by atoms with Gasteiger partial charge in [0.15, 0.2) is 5.65 Å². The standard InChI is InChI=1S/C9H11N3O/c1-2-3-6-4-5-10-8-7(6)11-9(13)12-8/h4-5H,2-3H2,1H3,(H2,10,11,12,13). The molecular weight excluding hydrogens is 166 g/mol. The van der Waals surface area contributed by atoms with Crippen molar-refractivity contribution in [3.05, 3.63) is 28.3 Å². The molecule has 4 nitrogen and oxygen atoms in total. The normalized spacial score (nSPS) is 10.8. The Morgan fingerprint density at radius 3 is 3.08 bits per heavy atom. The zero-order valence-electron chi connectivity index (χ0n) is 7.42. The molecule has 2 rings (SSSR count). The number of fused-ring (bicyclic) bond motifs is 1. The Bertz CT molecular complexity index is 469. The van der Waals surface area contributed by atoms with Gasteiger partial charge in [-0.25, -0.2) is 9.78 Å². The second-order valence-electron chi connectivity index (χ2n) is 3.02. The minimum Gasteiger partial charge on any atom is -0.304 e. The van der Waals surface area contributed by atoms with Gasteiger partial charge in [-0.05, 0) is 18.1 Å². The average molecular weight is 177 g/mol. The lowest BCUT2D eigenvalue weighted by molar-refractivity contribution is 0.925. The minimum atomic E-state index is -0.189. The summed E-state index contributed by atoms with van der Waals surface area (Å²) in [5, 5.41) is 0. The lowest BCUT2D eigenvalue weighted by Gasteiger charge is -1.97. The number of aromatic amines is 2. The van der Waals surface area contributed by atoms with E-state index < -0.39 is 0 Å². The van der Waals surface area contributed by atoms with E-state index in [1.165, 1.54) is 0 Å². The van der Waals surface area contributed by atoms with Crippen LogP contribution in [0.2, 0.25) is 0 Å². The number of rotatable bonds is 2. The highest BCUT2D eigenvalue weighted by molar-refractivity contribution is 5.73. The summed E-state index contributed by atoms with van der Waals surface area (Å²) in [7, 11) is 0. The first kappa shape index (κ1) is 8.04. The Kier molecular flexibility index (Phi) is 1.88. The van der Waals surface area contributed by atoms with E-state index in [1.54, 1.807) is 6.20 Å². The van der Waals surface area contributed by atoms with Crippen molar-refractivity contribution in [1.29, 1.82) is 0 Å². The zero-order valence-corrected chi connectivity index (χ0v) is 7.42. The lowest BCUT2D eigenvalue weighted by atomic mass is 10.1. The van der Waals surface area contributed by atoms with E-state index in [1.807, 2.05) is 6.07 Å². The Hall–Kier alpha value is -1.58. The summed E-state index contributed by atoms with van der Waals surface area (Å²) in [5.41, 5.74) is 2.45. The second-order valence-corrected chi connectivity index (χ2v) is 3.02. The Morgan fingerprint density at radius 1 is 1.46 bits per heavy atom. The third-order valence-corrected chi connectivity index (χ3v) is 2.03. The molecule has 68 valence electrons. The number of pyridine rings is 1. The predicted molar refractivity (Wildman–Crippen MR) is 50.7 cm³/mol. The van der Waals surface area contributed by atoms with Crippen molar-refractivity contribution in [1.82, 2.24) is 15.0 Å². The number of nitrogens with zero attached hydrogens (tertiary/aromatic N) is 1. The highest BCUT2D eigenvalue weighted by Crippen LogP contribution is 2.11. The van der Waals surface area contributed by atoms with Gasteiger partial charge in [-0.1, -0.05) is 13.3 Å². The maximum atomic E-state index is 11.0. The first-order chi connectivity index (χ1) is 6.31. The first-order valence-corrected chi connectivity index (χ1v) is 4.37. The molecule has 0 spiro atoms. The maximum absolute atomic E-state index is 11.0. The molecule has 0 aliphatic heterocycles. The molecular formula is C9H11N3O. The molecule has 2 N–H and O–H groups in total. The predicted octanol–water partition coefficient (Wildman–Crippen LogP) is 1.20. The number of aryl methyl sites for hydroxylation is 1. The number of imidazole rings is 1. The molecule has 0 aliphatic carbocycles. The van der Waals surface area contributed by atoms with Gasteiger partial charge in [0, 0.05) is 6.20 Å². The Morgan fingerprint density at radius 2 is 2.31 bits per heavy atom. The smallest absolute Gasteiger partial charge is 0.304 e. The van der Waals surface area contributed by atoms with Gasteiger partial charge in [0.05, 0.1) is 5.52 Å². The van der Waals surface area contributed by atoms with E-state index >= 15 is 0 Å². The lowest BCUT2D eigenvalue weighted by Crippen LogP contribution is -1.99. The zero-order chi connectivity index (χ0) is 9.26. The summed E-state index contributed by atoms with van der Waals surface area (Å²) in [5.74, 6) is 0. The molecule has 0 saturated carbocycles. The molecule has 0 fully saturated rings. The quantitative estimate of drug-likeness (QED) is 0.724. The summed E-state index contributed by atoms with van der Waals surface area (Å²) in [6.07, 6.45) is 3.75. The highest BCUT2D eigenvalue weighted by Gasteiger charge is 2.03. The van der Waals surface area contributed by atoms with E-state index in [0.29, 0.717) is 5.65 Å². The van der Waals surface area contributed by atoms with Crippen LogP contribution >= 0.6 is 0 Å². The molecule has 0 aliphatic rings. The SMILES string of the molecule is CCCc1ccnc2[nH]c(=O)[nH]c12. The molecule has 0 unspecified atom stereocenters. The van der Waals surface area contributed by atoms with E-state index in [-0.39, 0.29) is 5.69 Å². The molecule has 0 atom stereocenters. The third-order valence-electron chi connectivity index (χ3n) is 2.03. The van der Waals surface area contributed by atoms with Gasteiger partial charge in [-0.3, -0.25) is 4.98 Å². The third kappa shape index (κ3) is 1.35. The van der Waals surface area contributed by atoms with Crippen molar-refractivity contribution in [2.24, 2.45) is 0 Å². The molecule has 0 saturated heterocycles. The Balaban J connectivity index is 2.67. The van der Waals surface area contributed by atoms with Crippen LogP contribution in [0.25, 0.3) is 11.2 Å². The summed E-state index contributed by atoms with van der Waals surface area (Å²) < 4.78 is 0. The van der Waals surface area contributed by atoms with Gasteiger partial charge in [0.1, 0.15) is 0 Å². The van der Waals surface area contributed by atoms with Gasteiger partial charge >= 0.3 is 5.69 Å². The van der Waals surface area contributed by atoms with Gasteiger partial charge < -0.3 is 4.98 Å². The van der Waals surface area contributed by atoms with Gasteiger partial charge in [0.25, 0.3) is 0 Å². The maximum Gasteiger partial charge on any atom is 0.325 e. The number of H-pyrrole nitrogens is 2. The average Bonchev–Trinajstić information content (AvgIpc) is 2.47. The minimum absolute atomic E-state index is 0.189. The van der Waals surface area contributed by atoms with Gasteiger partial charge in [-0.15, -0.1) is 0 Å². The monoisotopic (exact) mass is 177 g/mol. The van der Waals surface area contributed by atoms with Crippen LogP contribution in [0.15, 0.2) is 17.1 Å². The molecule has 4 heteroatoms. The highest BCUT2D eigenvalue weighted by atomic mass is 16.1. The molecule has 0 amide bonds. The molecule has 13 heavy (non-hydrogen) atoms. The van der Waals surface area contributed by atoms with E-state index in [4.69, 9.17) is 0 Å². The first-order valence-electron chi connectivity index (χ1n) is 4.37. The van der Waals surface area contributed by atoms with Crippen molar-refractivity contribution < 1.29 is 0 Å². The topological polar surface area (TPSA) is 61.5 Å². The fourth-order valence-electron chi connectivity index (χ4n) is 1.47. The summed E-state index contributed by atoms with van der Waals surface area (Å²) >= 11 is 0. The van der Waals surface area contributed by atoms with Crippen molar-refractivity contribution in [2.75, 3.05) is 0 Å². The number of nitrogens with one attached hydrogen (secondary N) is 2. The second kappa shape index (κ2) is 3.05. The van der Waals surface area contributed by atoms with Crippen molar-refractivity contribution in [3.63, 3.8) is 0 Å². The van der Waals surface area contributed by atoms with Crippen LogP contribution in [0.4, 0.5) is 0 Å². The molecule has 0 radical (unpaired) electrons. The van der Waals surface area contributed by atoms with E-state index in [0.717, 1.165) is 23.9 Å². The molecule has 2 aromatic rings. The van der Waals surface area contributed by atoms with Crippen molar-refractivity contribution >= 4 is 11.2 Å². The fourth-order valence-corrected chi connectivity index (χ4v) is 1.47. The summed E-state index contributed by atoms with van der Waals surface area (Å²) in [6, 6.07) is 1.94. The van der Waals surface area contributed by atoms with Crippen LogP contribution in [0.5, 0.6) is 0 Å². The fraction of sp³-hybridized carbons (Fsp3) is 0.333. The van der Waals surface area contributed by atoms with Crippen molar-refractivity contribution in [3.8, 4) is 0 Å². The van der Waals surface area contributed by atoms with Crippen LogP contribution in [-0.2, 0) is 6.42 Å². The van der Waals surface area contributed by atoms with E-state index in [2.05, 4.69) is 21.9 Å². The summed E-state index contributed by atoms with van der Waals surface area (Å²) in [6.45, 7) is 2.11. The van der Waals surface area contributed by atoms with Crippen LogP contribution in [0.1, 0.15) is 18.9 Å².